The number of nitrogens with two attached hydrogens (primary N) is 1. The SMILES string of the molecule is Nc1cnn(-c2nc(C(F)(F)F)c(Oc3ccc(Cl)c(C(F)(F)F)c3)c(=O)[nH]2)c1. The normalized spacial score (nSPS) is 12.2. The minimum absolute atomic E-state index is 0.0855. The lowest BCUT2D eigenvalue weighted by molar-refractivity contribution is -0.142. The number of aromatic nitrogens is 4. The molecule has 14 heteroatoms. The molecular formula is C15H8ClF6N5O2. The molecule has 7 nitrogen and oxygen atoms in total. The van der Waals surface area contributed by atoms with Crippen LogP contribution in [0.3, 0.4) is 0 Å². The fraction of sp³-hybridized carbons (Fsp3) is 0.133. The van der Waals surface area contributed by atoms with Gasteiger partial charge in [0, 0.05) is 0 Å². The number of H-pyrrole nitrogens is 1. The van der Waals surface area contributed by atoms with Gasteiger partial charge < -0.3 is 10.5 Å². The van der Waals surface area contributed by atoms with Crippen LogP contribution in [-0.2, 0) is 12.4 Å². The third kappa shape index (κ3) is 4.29. The Kier molecular flexibility index (Phi) is 4.94. The van der Waals surface area contributed by atoms with Gasteiger partial charge in [-0.2, -0.15) is 31.4 Å². The summed E-state index contributed by atoms with van der Waals surface area (Å²) in [5, 5.41) is 2.93. The first kappa shape index (κ1) is 20.5. The number of benzene rings is 1. The highest BCUT2D eigenvalue weighted by molar-refractivity contribution is 6.31. The topological polar surface area (TPSA) is 98.8 Å². The van der Waals surface area contributed by atoms with Gasteiger partial charge in [0.1, 0.15) is 5.75 Å². The molecule has 0 saturated heterocycles. The highest BCUT2D eigenvalue weighted by atomic mass is 35.5. The lowest BCUT2D eigenvalue weighted by Crippen LogP contribution is -2.22. The number of nitrogens with one attached hydrogen (secondary N) is 1. The Labute approximate surface area is 161 Å². The zero-order valence-corrected chi connectivity index (χ0v) is 14.5. The van der Waals surface area contributed by atoms with Crippen molar-refractivity contribution in [2.75, 3.05) is 5.73 Å². The molecular weight excluding hydrogens is 432 g/mol. The van der Waals surface area contributed by atoms with Crippen molar-refractivity contribution < 1.29 is 31.1 Å². The molecule has 2 heterocycles. The number of anilines is 1. The van der Waals surface area contributed by atoms with E-state index >= 15 is 0 Å². The molecule has 0 amide bonds. The summed E-state index contributed by atoms with van der Waals surface area (Å²) in [4.78, 5) is 17.5. The maximum Gasteiger partial charge on any atom is 0.437 e. The number of rotatable bonds is 3. The van der Waals surface area contributed by atoms with Crippen molar-refractivity contribution in [3.8, 4) is 17.4 Å². The summed E-state index contributed by atoms with van der Waals surface area (Å²) < 4.78 is 84.6. The van der Waals surface area contributed by atoms with E-state index in [1.54, 1.807) is 0 Å². The molecule has 0 atom stereocenters. The van der Waals surface area contributed by atoms with E-state index in [2.05, 4.69) is 10.1 Å². The summed E-state index contributed by atoms with van der Waals surface area (Å²) in [6.07, 6.45) is -7.87. The van der Waals surface area contributed by atoms with Crippen molar-refractivity contribution in [1.82, 2.24) is 19.7 Å². The Hall–Kier alpha value is -3.22. The highest BCUT2D eigenvalue weighted by Crippen LogP contribution is 2.39. The van der Waals surface area contributed by atoms with Crippen LogP contribution in [0.4, 0.5) is 32.0 Å². The molecule has 0 unspecified atom stereocenters. The second-order valence-electron chi connectivity index (χ2n) is 5.52. The van der Waals surface area contributed by atoms with E-state index in [-0.39, 0.29) is 5.69 Å². The first-order valence-corrected chi connectivity index (χ1v) is 7.80. The van der Waals surface area contributed by atoms with Gasteiger partial charge in [0.25, 0.3) is 5.56 Å². The summed E-state index contributed by atoms with van der Waals surface area (Å²) in [5.74, 6) is -2.68. The smallest absolute Gasteiger partial charge is 0.437 e. The Morgan fingerprint density at radius 2 is 1.83 bits per heavy atom. The molecule has 0 aliphatic rings. The summed E-state index contributed by atoms with van der Waals surface area (Å²) in [5.41, 5.74) is 0.983. The fourth-order valence-corrected chi connectivity index (χ4v) is 2.43. The molecule has 1 aromatic carbocycles. The van der Waals surface area contributed by atoms with Crippen molar-refractivity contribution in [3.63, 3.8) is 0 Å². The zero-order valence-electron chi connectivity index (χ0n) is 13.8. The molecule has 154 valence electrons. The second-order valence-corrected chi connectivity index (χ2v) is 5.93. The van der Waals surface area contributed by atoms with Gasteiger partial charge in [-0.3, -0.25) is 9.78 Å². The third-order valence-electron chi connectivity index (χ3n) is 3.42. The van der Waals surface area contributed by atoms with E-state index in [9.17, 15) is 31.1 Å². The number of ether oxygens (including phenoxy) is 1. The van der Waals surface area contributed by atoms with Gasteiger partial charge in [0.15, 0.2) is 5.69 Å². The number of hydrogen-bond acceptors (Lipinski definition) is 5. The average Bonchev–Trinajstić information content (AvgIpc) is 3.02. The summed E-state index contributed by atoms with van der Waals surface area (Å²) >= 11 is 5.45. The van der Waals surface area contributed by atoms with Crippen molar-refractivity contribution in [2.24, 2.45) is 0 Å². The molecule has 0 spiro atoms. The maximum absolute atomic E-state index is 13.4. The van der Waals surface area contributed by atoms with E-state index in [0.717, 1.165) is 29.2 Å². The van der Waals surface area contributed by atoms with Gasteiger partial charge in [-0.15, -0.1) is 0 Å². The highest BCUT2D eigenvalue weighted by Gasteiger charge is 2.40. The summed E-state index contributed by atoms with van der Waals surface area (Å²) in [6, 6.07) is 2.01. The lowest BCUT2D eigenvalue weighted by Gasteiger charge is -2.15. The summed E-state index contributed by atoms with van der Waals surface area (Å²) in [7, 11) is 0. The quantitative estimate of drug-likeness (QED) is 0.601. The molecule has 29 heavy (non-hydrogen) atoms. The second kappa shape index (κ2) is 6.99. The molecule has 3 N–H and O–H groups in total. The van der Waals surface area contributed by atoms with Crippen LogP contribution < -0.4 is 16.0 Å². The first-order chi connectivity index (χ1) is 13.4. The van der Waals surface area contributed by atoms with E-state index in [1.807, 2.05) is 4.98 Å². The molecule has 0 bridgehead atoms. The first-order valence-electron chi connectivity index (χ1n) is 7.43. The van der Waals surface area contributed by atoms with Crippen LogP contribution in [0.1, 0.15) is 11.3 Å². The standard InChI is InChI=1S/C15H8ClF6N5O2/c16-9-2-1-7(3-8(9)14(17,18)19)29-10-11(15(20,21)22)25-13(26-12(10)28)27-5-6(23)4-24-27/h1-5H,23H2,(H,25,26,28). The van der Waals surface area contributed by atoms with Gasteiger partial charge in [-0.1, -0.05) is 11.6 Å². The largest absolute Gasteiger partial charge is 0.449 e. The van der Waals surface area contributed by atoms with Crippen molar-refractivity contribution in [1.29, 1.82) is 0 Å². The maximum atomic E-state index is 13.4. The molecule has 0 saturated carbocycles. The minimum atomic E-state index is -5.17. The van der Waals surface area contributed by atoms with Crippen molar-refractivity contribution in [2.45, 2.75) is 12.4 Å². The van der Waals surface area contributed by atoms with Gasteiger partial charge in [-0.05, 0) is 18.2 Å². The van der Waals surface area contributed by atoms with E-state index in [4.69, 9.17) is 22.1 Å². The predicted octanol–water partition coefficient (Wildman–Crippen LogP) is 4.02. The van der Waals surface area contributed by atoms with Crippen LogP contribution in [0.25, 0.3) is 5.95 Å². The Morgan fingerprint density at radius 1 is 1.14 bits per heavy atom. The molecule has 2 aromatic heterocycles. The number of halogens is 7. The van der Waals surface area contributed by atoms with Crippen LogP contribution >= 0.6 is 11.6 Å². The average molecular weight is 440 g/mol. The lowest BCUT2D eigenvalue weighted by atomic mass is 10.2. The monoisotopic (exact) mass is 439 g/mol. The number of aromatic amines is 1. The Balaban J connectivity index is 2.12. The Morgan fingerprint density at radius 3 is 2.38 bits per heavy atom. The molecule has 0 aliphatic carbocycles. The van der Waals surface area contributed by atoms with Crippen molar-refractivity contribution in [3.05, 3.63) is 57.2 Å². The minimum Gasteiger partial charge on any atom is -0.449 e. The van der Waals surface area contributed by atoms with Crippen molar-refractivity contribution >= 4 is 17.3 Å². The van der Waals surface area contributed by atoms with E-state index < -0.39 is 51.6 Å². The number of nitrogen functional groups attached to an aromatic ring is 1. The van der Waals surface area contributed by atoms with Crippen LogP contribution in [0.2, 0.25) is 5.02 Å². The number of hydrogen-bond donors (Lipinski definition) is 2. The number of alkyl halides is 6. The molecule has 3 aromatic rings. The molecule has 3 rings (SSSR count). The van der Waals surface area contributed by atoms with Crippen LogP contribution in [-0.4, -0.2) is 19.7 Å². The van der Waals surface area contributed by atoms with Crippen LogP contribution in [0, 0.1) is 0 Å². The van der Waals surface area contributed by atoms with E-state index in [0.29, 0.717) is 6.07 Å². The van der Waals surface area contributed by atoms with Crippen LogP contribution in [0.5, 0.6) is 11.5 Å². The predicted molar refractivity (Wildman–Crippen MR) is 87.9 cm³/mol. The number of nitrogens with zero attached hydrogens (tertiary/aromatic N) is 3. The molecule has 0 radical (unpaired) electrons. The van der Waals surface area contributed by atoms with E-state index in [1.165, 1.54) is 0 Å². The third-order valence-corrected chi connectivity index (χ3v) is 3.75. The summed E-state index contributed by atoms with van der Waals surface area (Å²) in [6.45, 7) is 0. The van der Waals surface area contributed by atoms with Gasteiger partial charge in [-0.25, -0.2) is 9.67 Å². The van der Waals surface area contributed by atoms with Gasteiger partial charge in [0.05, 0.1) is 28.7 Å². The van der Waals surface area contributed by atoms with Gasteiger partial charge in [0.2, 0.25) is 11.7 Å². The molecule has 0 fully saturated rings. The zero-order chi connectivity index (χ0) is 21.6. The Bertz CT molecular complexity index is 1120. The van der Waals surface area contributed by atoms with Gasteiger partial charge >= 0.3 is 12.4 Å². The molecule has 0 aliphatic heterocycles. The fourth-order valence-electron chi connectivity index (χ4n) is 2.20. The van der Waals surface area contributed by atoms with Crippen LogP contribution in [0.15, 0.2) is 35.4 Å².